The first-order valence-electron chi connectivity index (χ1n) is 4.82. The lowest BCUT2D eigenvalue weighted by Gasteiger charge is -1.99. The Labute approximate surface area is 89.8 Å². The summed E-state index contributed by atoms with van der Waals surface area (Å²) in [7, 11) is 1.58. The molecule has 0 saturated carbocycles. The van der Waals surface area contributed by atoms with Crippen LogP contribution in [0.1, 0.15) is 12.5 Å². The van der Waals surface area contributed by atoms with Gasteiger partial charge >= 0.3 is 0 Å². The molecule has 0 heterocycles. The van der Waals surface area contributed by atoms with Crippen LogP contribution in [0, 0.1) is 0 Å². The fourth-order valence-corrected chi connectivity index (χ4v) is 1.26. The van der Waals surface area contributed by atoms with Crippen LogP contribution in [0.2, 0.25) is 0 Å². The van der Waals surface area contributed by atoms with Crippen molar-refractivity contribution in [3.05, 3.63) is 35.9 Å². The van der Waals surface area contributed by atoms with Gasteiger partial charge in [0, 0.05) is 12.8 Å². The Hall–Kier alpha value is -1.48. The number of carbonyl (C=O) groups excluding carboxylic acids is 1. The Kier molecular flexibility index (Phi) is 4.71. The van der Waals surface area contributed by atoms with E-state index in [1.807, 2.05) is 30.3 Å². The predicted molar refractivity (Wildman–Crippen MR) is 60.1 cm³/mol. The van der Waals surface area contributed by atoms with Crippen molar-refractivity contribution in [2.45, 2.75) is 13.3 Å². The van der Waals surface area contributed by atoms with E-state index >= 15 is 0 Å². The van der Waals surface area contributed by atoms with Gasteiger partial charge < -0.3 is 4.74 Å². The summed E-state index contributed by atoms with van der Waals surface area (Å²) >= 11 is 0. The minimum absolute atomic E-state index is 0.129. The fraction of sp³-hybridized carbons (Fsp3) is 0.333. The molecular formula is C12H15NO2. The van der Waals surface area contributed by atoms with Crippen molar-refractivity contribution in [1.82, 2.24) is 0 Å². The van der Waals surface area contributed by atoms with Crippen molar-refractivity contribution in [2.75, 3.05) is 13.7 Å². The minimum atomic E-state index is -0.129. The molecule has 1 aromatic rings. The highest BCUT2D eigenvalue weighted by Crippen LogP contribution is 2.00. The number of benzene rings is 1. The van der Waals surface area contributed by atoms with Crippen LogP contribution in [0.4, 0.5) is 0 Å². The maximum Gasteiger partial charge on any atom is 0.250 e. The van der Waals surface area contributed by atoms with Crippen molar-refractivity contribution in [2.24, 2.45) is 4.99 Å². The molecule has 0 unspecified atom stereocenters. The zero-order valence-electron chi connectivity index (χ0n) is 9.06. The molecule has 0 atom stereocenters. The first-order chi connectivity index (χ1) is 7.22. The summed E-state index contributed by atoms with van der Waals surface area (Å²) < 4.78 is 4.87. The summed E-state index contributed by atoms with van der Waals surface area (Å²) in [6.07, 6.45) is 0.349. The number of carbonyl (C=O) groups is 1. The van der Waals surface area contributed by atoms with Gasteiger partial charge in [0.15, 0.2) is 0 Å². The van der Waals surface area contributed by atoms with Crippen molar-refractivity contribution >= 4 is 11.6 Å². The Morgan fingerprint density at radius 2 is 2.00 bits per heavy atom. The summed E-state index contributed by atoms with van der Waals surface area (Å²) in [5, 5.41) is 0. The molecule has 3 heteroatoms. The van der Waals surface area contributed by atoms with Crippen LogP contribution in [0.25, 0.3) is 0 Å². The van der Waals surface area contributed by atoms with Gasteiger partial charge in [-0.1, -0.05) is 30.3 Å². The quantitative estimate of drug-likeness (QED) is 0.704. The monoisotopic (exact) mass is 205 g/mol. The Morgan fingerprint density at radius 3 is 2.60 bits per heavy atom. The molecule has 15 heavy (non-hydrogen) atoms. The van der Waals surface area contributed by atoms with E-state index in [2.05, 4.69) is 4.99 Å². The van der Waals surface area contributed by atoms with Crippen LogP contribution in [-0.4, -0.2) is 25.3 Å². The van der Waals surface area contributed by atoms with Gasteiger partial charge in [0.1, 0.15) is 0 Å². The molecule has 0 spiro atoms. The average molecular weight is 205 g/mol. The fourth-order valence-electron chi connectivity index (χ4n) is 1.26. The highest BCUT2D eigenvalue weighted by Gasteiger charge is 2.01. The lowest BCUT2D eigenvalue weighted by atomic mass is 10.1. The van der Waals surface area contributed by atoms with E-state index in [-0.39, 0.29) is 5.91 Å². The molecule has 0 fully saturated rings. The molecule has 1 amide bonds. The lowest BCUT2D eigenvalue weighted by molar-refractivity contribution is -0.117. The van der Waals surface area contributed by atoms with E-state index in [4.69, 9.17) is 4.74 Å². The first-order valence-corrected chi connectivity index (χ1v) is 4.82. The third kappa shape index (κ3) is 4.51. The van der Waals surface area contributed by atoms with Crippen LogP contribution in [0.5, 0.6) is 0 Å². The standard InChI is InChI=1S/C12H15NO2/c1-10(9-15-2)13-12(14)8-11-6-4-3-5-7-11/h3-7H,8-9H2,1-2H3/b13-10+. The molecular weight excluding hydrogens is 190 g/mol. The molecule has 0 aliphatic rings. The summed E-state index contributed by atoms with van der Waals surface area (Å²) in [5.74, 6) is -0.129. The SMILES string of the molecule is COC/C(C)=N/C(=O)Cc1ccccc1. The zero-order chi connectivity index (χ0) is 11.1. The number of nitrogens with zero attached hydrogens (tertiary/aromatic N) is 1. The second-order valence-corrected chi connectivity index (χ2v) is 3.34. The number of methoxy groups -OCH3 is 1. The molecule has 0 aliphatic heterocycles. The molecule has 0 aromatic heterocycles. The highest BCUT2D eigenvalue weighted by atomic mass is 16.5. The molecule has 0 saturated heterocycles. The summed E-state index contributed by atoms with van der Waals surface area (Å²) in [6.45, 7) is 2.19. The van der Waals surface area contributed by atoms with Crippen LogP contribution in [0.15, 0.2) is 35.3 Å². The third-order valence-corrected chi connectivity index (χ3v) is 1.87. The van der Waals surface area contributed by atoms with Gasteiger partial charge in [0.05, 0.1) is 13.0 Å². The smallest absolute Gasteiger partial charge is 0.250 e. The largest absolute Gasteiger partial charge is 0.379 e. The van der Waals surface area contributed by atoms with Gasteiger partial charge in [-0.05, 0) is 12.5 Å². The van der Waals surface area contributed by atoms with Crippen LogP contribution in [-0.2, 0) is 16.0 Å². The Balaban J connectivity index is 2.53. The van der Waals surface area contributed by atoms with Gasteiger partial charge in [-0.15, -0.1) is 0 Å². The van der Waals surface area contributed by atoms with Gasteiger partial charge in [-0.25, -0.2) is 4.99 Å². The van der Waals surface area contributed by atoms with Crippen molar-refractivity contribution in [1.29, 1.82) is 0 Å². The van der Waals surface area contributed by atoms with E-state index in [0.29, 0.717) is 18.7 Å². The lowest BCUT2D eigenvalue weighted by Crippen LogP contribution is -2.07. The number of ether oxygens (including phenoxy) is 1. The van der Waals surface area contributed by atoms with E-state index in [9.17, 15) is 4.79 Å². The predicted octanol–water partition coefficient (Wildman–Crippen LogP) is 1.86. The average Bonchev–Trinajstić information content (AvgIpc) is 2.19. The van der Waals surface area contributed by atoms with Gasteiger partial charge in [0.2, 0.25) is 5.91 Å². The zero-order valence-corrected chi connectivity index (χ0v) is 9.06. The van der Waals surface area contributed by atoms with Gasteiger partial charge in [-0.2, -0.15) is 0 Å². The molecule has 80 valence electrons. The second kappa shape index (κ2) is 6.09. The maximum atomic E-state index is 11.5. The van der Waals surface area contributed by atoms with Crippen LogP contribution < -0.4 is 0 Å². The molecule has 0 radical (unpaired) electrons. The molecule has 0 aliphatic carbocycles. The molecule has 0 N–H and O–H groups in total. The Morgan fingerprint density at radius 1 is 1.33 bits per heavy atom. The highest BCUT2D eigenvalue weighted by molar-refractivity contribution is 5.95. The normalized spacial score (nSPS) is 11.5. The summed E-state index contributed by atoms with van der Waals surface area (Å²) in [4.78, 5) is 15.4. The molecule has 0 bridgehead atoms. The number of aliphatic imine (C=N–C) groups is 1. The number of hydrogen-bond donors (Lipinski definition) is 0. The van der Waals surface area contributed by atoms with Gasteiger partial charge in [0.25, 0.3) is 0 Å². The molecule has 1 rings (SSSR count). The van der Waals surface area contributed by atoms with Crippen molar-refractivity contribution in [3.63, 3.8) is 0 Å². The summed E-state index contributed by atoms with van der Waals surface area (Å²) in [6, 6.07) is 9.58. The minimum Gasteiger partial charge on any atom is -0.379 e. The van der Waals surface area contributed by atoms with Crippen LogP contribution in [0.3, 0.4) is 0 Å². The number of amides is 1. The first kappa shape index (κ1) is 11.6. The summed E-state index contributed by atoms with van der Waals surface area (Å²) in [5.41, 5.74) is 1.69. The number of rotatable bonds is 4. The van der Waals surface area contributed by atoms with Crippen molar-refractivity contribution in [3.8, 4) is 0 Å². The van der Waals surface area contributed by atoms with Crippen molar-refractivity contribution < 1.29 is 9.53 Å². The number of hydrogen-bond acceptors (Lipinski definition) is 2. The van der Waals surface area contributed by atoms with Crippen LogP contribution >= 0.6 is 0 Å². The molecule has 1 aromatic carbocycles. The van der Waals surface area contributed by atoms with E-state index in [0.717, 1.165) is 5.56 Å². The van der Waals surface area contributed by atoms with Gasteiger partial charge in [-0.3, -0.25) is 4.79 Å². The Bertz CT molecular complexity index is 344. The topological polar surface area (TPSA) is 38.7 Å². The molecule has 3 nitrogen and oxygen atoms in total. The van der Waals surface area contributed by atoms with E-state index in [1.54, 1.807) is 14.0 Å². The van der Waals surface area contributed by atoms with E-state index < -0.39 is 0 Å². The third-order valence-electron chi connectivity index (χ3n) is 1.87. The maximum absolute atomic E-state index is 11.5. The second-order valence-electron chi connectivity index (χ2n) is 3.34. The van der Waals surface area contributed by atoms with E-state index in [1.165, 1.54) is 0 Å².